The molecule has 0 saturated carbocycles. The SMILES string of the molecule is CC1(C)CC2(NC(=O)N(CCCCCBr)C2=O)c2cc(Cl)ccc2O1. The van der Waals surface area contributed by atoms with Crippen molar-refractivity contribution in [2.24, 2.45) is 0 Å². The highest BCUT2D eigenvalue weighted by molar-refractivity contribution is 9.09. The van der Waals surface area contributed by atoms with Crippen molar-refractivity contribution < 1.29 is 14.3 Å². The maximum absolute atomic E-state index is 13.3. The van der Waals surface area contributed by atoms with E-state index < -0.39 is 11.1 Å². The van der Waals surface area contributed by atoms with E-state index in [4.69, 9.17) is 16.3 Å². The second-order valence-electron chi connectivity index (χ2n) is 7.22. The van der Waals surface area contributed by atoms with Crippen LogP contribution in [0.5, 0.6) is 5.75 Å². The number of hydrogen-bond donors (Lipinski definition) is 1. The van der Waals surface area contributed by atoms with Gasteiger partial charge < -0.3 is 10.1 Å². The number of fused-ring (bicyclic) bond motifs is 2. The quantitative estimate of drug-likeness (QED) is 0.433. The second-order valence-corrected chi connectivity index (χ2v) is 8.45. The van der Waals surface area contributed by atoms with Crippen LogP contribution in [0.3, 0.4) is 0 Å². The van der Waals surface area contributed by atoms with Crippen LogP contribution in [-0.2, 0) is 10.3 Å². The fourth-order valence-corrected chi connectivity index (χ4v) is 4.23. The van der Waals surface area contributed by atoms with Crippen LogP contribution in [-0.4, -0.2) is 34.3 Å². The molecule has 2 aliphatic heterocycles. The number of nitrogens with one attached hydrogen (secondary N) is 1. The zero-order valence-corrected chi connectivity index (χ0v) is 16.7. The number of urea groups is 1. The fraction of sp³-hybridized carbons (Fsp3) is 0.556. The Hall–Kier alpha value is -1.27. The summed E-state index contributed by atoms with van der Waals surface area (Å²) in [5, 5.41) is 4.38. The van der Waals surface area contributed by atoms with Gasteiger partial charge in [0.05, 0.1) is 0 Å². The summed E-state index contributed by atoms with van der Waals surface area (Å²) in [4.78, 5) is 27.1. The van der Waals surface area contributed by atoms with Crippen LogP contribution in [0.4, 0.5) is 4.79 Å². The molecule has 1 fully saturated rings. The molecule has 0 radical (unpaired) electrons. The van der Waals surface area contributed by atoms with Gasteiger partial charge in [-0.3, -0.25) is 9.69 Å². The number of carbonyl (C=O) groups excluding carboxylic acids is 2. The molecule has 3 amide bonds. The van der Waals surface area contributed by atoms with E-state index in [0.29, 0.717) is 29.3 Å². The molecule has 0 aromatic heterocycles. The van der Waals surface area contributed by atoms with E-state index in [1.165, 1.54) is 4.90 Å². The van der Waals surface area contributed by atoms with Gasteiger partial charge in [-0.25, -0.2) is 4.79 Å². The highest BCUT2D eigenvalue weighted by atomic mass is 79.9. The molecule has 1 N–H and O–H groups in total. The van der Waals surface area contributed by atoms with Gasteiger partial charge in [-0.1, -0.05) is 34.0 Å². The summed E-state index contributed by atoms with van der Waals surface area (Å²) in [6, 6.07) is 4.87. The molecule has 136 valence electrons. The Labute approximate surface area is 161 Å². The third kappa shape index (κ3) is 3.38. The lowest BCUT2D eigenvalue weighted by molar-refractivity contribution is -0.134. The van der Waals surface area contributed by atoms with Gasteiger partial charge >= 0.3 is 6.03 Å². The number of alkyl halides is 1. The Balaban J connectivity index is 1.94. The second kappa shape index (κ2) is 6.80. The minimum Gasteiger partial charge on any atom is -0.487 e. The lowest BCUT2D eigenvalue weighted by Crippen LogP contribution is -2.53. The molecule has 1 saturated heterocycles. The molecule has 1 atom stereocenters. The molecule has 1 spiro atoms. The van der Waals surface area contributed by atoms with Crippen molar-refractivity contribution in [2.75, 3.05) is 11.9 Å². The largest absolute Gasteiger partial charge is 0.487 e. The number of hydrogen-bond acceptors (Lipinski definition) is 3. The first-order valence-corrected chi connectivity index (χ1v) is 9.98. The summed E-state index contributed by atoms with van der Waals surface area (Å²) < 4.78 is 6.01. The van der Waals surface area contributed by atoms with E-state index in [0.717, 1.165) is 24.6 Å². The first-order chi connectivity index (χ1) is 11.8. The average molecular weight is 430 g/mol. The van der Waals surface area contributed by atoms with Crippen LogP contribution in [0.15, 0.2) is 18.2 Å². The molecule has 2 heterocycles. The van der Waals surface area contributed by atoms with E-state index in [2.05, 4.69) is 21.2 Å². The number of amides is 3. The van der Waals surface area contributed by atoms with Crippen molar-refractivity contribution in [1.29, 1.82) is 0 Å². The van der Waals surface area contributed by atoms with Crippen LogP contribution in [0.1, 0.15) is 45.1 Å². The third-order valence-corrected chi connectivity index (χ3v) is 5.47. The number of nitrogens with zero attached hydrogens (tertiary/aromatic N) is 1. The number of rotatable bonds is 5. The van der Waals surface area contributed by atoms with Gasteiger partial charge in [0.25, 0.3) is 5.91 Å². The summed E-state index contributed by atoms with van der Waals surface area (Å²) in [5.41, 5.74) is -1.04. The van der Waals surface area contributed by atoms with Gasteiger partial charge in [-0.15, -0.1) is 0 Å². The zero-order valence-electron chi connectivity index (χ0n) is 14.4. The lowest BCUT2D eigenvalue weighted by Gasteiger charge is -2.42. The molecular formula is C18H22BrClN2O3. The van der Waals surface area contributed by atoms with Gasteiger partial charge in [0, 0.05) is 28.9 Å². The van der Waals surface area contributed by atoms with E-state index in [-0.39, 0.29) is 11.9 Å². The number of unbranched alkanes of at least 4 members (excludes halogenated alkanes) is 2. The Morgan fingerprint density at radius 2 is 2.04 bits per heavy atom. The summed E-state index contributed by atoms with van der Waals surface area (Å²) in [7, 11) is 0. The highest BCUT2D eigenvalue weighted by Gasteiger charge is 2.58. The maximum atomic E-state index is 13.3. The third-order valence-electron chi connectivity index (χ3n) is 4.67. The van der Waals surface area contributed by atoms with Crippen molar-refractivity contribution in [2.45, 2.75) is 50.7 Å². The lowest BCUT2D eigenvalue weighted by atomic mass is 9.77. The predicted octanol–water partition coefficient (Wildman–Crippen LogP) is 4.21. The van der Waals surface area contributed by atoms with Gasteiger partial charge in [0.1, 0.15) is 11.4 Å². The molecule has 1 aromatic carbocycles. The smallest absolute Gasteiger partial charge is 0.325 e. The summed E-state index contributed by atoms with van der Waals surface area (Å²) in [5.74, 6) is 0.381. The van der Waals surface area contributed by atoms with Crippen LogP contribution in [0, 0.1) is 0 Å². The van der Waals surface area contributed by atoms with Crippen molar-refractivity contribution in [3.05, 3.63) is 28.8 Å². The normalized spacial score (nSPS) is 24.2. The standard InChI is InChI=1S/C18H22BrClN2O3/c1-17(2)11-18(13-10-12(20)6-7-14(13)25-17)15(23)22(16(24)21-18)9-5-3-4-8-19/h6-7,10H,3-5,8-9,11H2,1-2H3,(H,21,24). The minimum atomic E-state index is -1.10. The Morgan fingerprint density at radius 3 is 2.76 bits per heavy atom. The molecule has 7 heteroatoms. The van der Waals surface area contributed by atoms with Crippen LogP contribution in [0.25, 0.3) is 0 Å². The number of halogens is 2. The molecule has 0 bridgehead atoms. The number of ether oxygens (including phenoxy) is 1. The van der Waals surface area contributed by atoms with Crippen LogP contribution in [0.2, 0.25) is 5.02 Å². The molecule has 2 aliphatic rings. The molecule has 3 rings (SSSR count). The van der Waals surface area contributed by atoms with Gasteiger partial charge in [0.15, 0.2) is 5.54 Å². The predicted molar refractivity (Wildman–Crippen MR) is 100 cm³/mol. The monoisotopic (exact) mass is 428 g/mol. The Bertz CT molecular complexity index is 710. The Kier molecular flexibility index (Phi) is 5.04. The van der Waals surface area contributed by atoms with Crippen molar-refractivity contribution in [1.82, 2.24) is 10.2 Å². The van der Waals surface area contributed by atoms with E-state index in [1.54, 1.807) is 18.2 Å². The maximum Gasteiger partial charge on any atom is 0.325 e. The Morgan fingerprint density at radius 1 is 1.28 bits per heavy atom. The van der Waals surface area contributed by atoms with Crippen LogP contribution < -0.4 is 10.1 Å². The summed E-state index contributed by atoms with van der Waals surface area (Å²) >= 11 is 9.55. The fourth-order valence-electron chi connectivity index (χ4n) is 3.67. The molecular weight excluding hydrogens is 408 g/mol. The molecule has 1 unspecified atom stereocenters. The van der Waals surface area contributed by atoms with Crippen LogP contribution >= 0.6 is 27.5 Å². The summed E-state index contributed by atoms with van der Waals surface area (Å²) in [6.45, 7) is 4.27. The molecule has 5 nitrogen and oxygen atoms in total. The van der Waals surface area contributed by atoms with E-state index >= 15 is 0 Å². The van der Waals surface area contributed by atoms with Crippen molar-refractivity contribution in [3.8, 4) is 5.75 Å². The zero-order chi connectivity index (χ0) is 18.2. The molecule has 1 aromatic rings. The van der Waals surface area contributed by atoms with Crippen molar-refractivity contribution in [3.63, 3.8) is 0 Å². The van der Waals surface area contributed by atoms with Gasteiger partial charge in [0.2, 0.25) is 0 Å². The number of imide groups is 1. The molecule has 25 heavy (non-hydrogen) atoms. The van der Waals surface area contributed by atoms with Gasteiger partial charge in [-0.2, -0.15) is 0 Å². The topological polar surface area (TPSA) is 58.6 Å². The van der Waals surface area contributed by atoms with Gasteiger partial charge in [-0.05, 0) is 44.9 Å². The first-order valence-electron chi connectivity index (χ1n) is 8.48. The van der Waals surface area contributed by atoms with E-state index in [9.17, 15) is 9.59 Å². The number of carbonyl (C=O) groups is 2. The average Bonchev–Trinajstić information content (AvgIpc) is 2.76. The minimum absolute atomic E-state index is 0.212. The molecule has 0 aliphatic carbocycles. The summed E-state index contributed by atoms with van der Waals surface area (Å²) in [6.07, 6.45) is 3.15. The number of benzene rings is 1. The van der Waals surface area contributed by atoms with E-state index in [1.807, 2.05) is 13.8 Å². The highest BCUT2D eigenvalue weighted by Crippen LogP contribution is 2.47. The first kappa shape index (κ1) is 18.5. The van der Waals surface area contributed by atoms with Crippen molar-refractivity contribution >= 4 is 39.5 Å².